The summed E-state index contributed by atoms with van der Waals surface area (Å²) < 4.78 is 0. The molecular weight excluding hydrogens is 242 g/mol. The number of urea groups is 1. The number of likely N-dealkylation sites (N-methyl/N-ethyl adjacent to an activating group) is 1. The van der Waals surface area contributed by atoms with E-state index in [4.69, 9.17) is 5.11 Å². The van der Waals surface area contributed by atoms with E-state index in [0.717, 1.165) is 12.8 Å². The van der Waals surface area contributed by atoms with E-state index in [0.29, 0.717) is 0 Å². The standard InChI is InChI=1S/C14H29N3O2/c1-10(9-18)17(6)12(19)15-11-7-13(2,3)16-14(4,5)8-11/h10-11,16,18H,7-9H2,1-6H3,(H,15,19). The van der Waals surface area contributed by atoms with Gasteiger partial charge in [0.05, 0.1) is 12.6 Å². The van der Waals surface area contributed by atoms with Crippen LogP contribution in [0.3, 0.4) is 0 Å². The Morgan fingerprint density at radius 2 is 1.84 bits per heavy atom. The van der Waals surface area contributed by atoms with Gasteiger partial charge in [-0.2, -0.15) is 0 Å². The van der Waals surface area contributed by atoms with Crippen LogP contribution in [0.15, 0.2) is 0 Å². The zero-order chi connectivity index (χ0) is 14.8. The quantitative estimate of drug-likeness (QED) is 0.725. The summed E-state index contributed by atoms with van der Waals surface area (Å²) in [6.07, 6.45) is 1.81. The number of hydrogen-bond acceptors (Lipinski definition) is 3. The van der Waals surface area contributed by atoms with Crippen LogP contribution in [0.1, 0.15) is 47.5 Å². The van der Waals surface area contributed by atoms with Crippen LogP contribution in [-0.2, 0) is 0 Å². The molecule has 3 N–H and O–H groups in total. The zero-order valence-electron chi connectivity index (χ0n) is 13.1. The minimum atomic E-state index is -0.164. The molecule has 2 amide bonds. The minimum Gasteiger partial charge on any atom is -0.394 e. The molecule has 1 saturated heterocycles. The van der Waals surface area contributed by atoms with Gasteiger partial charge in [0.25, 0.3) is 0 Å². The molecule has 1 unspecified atom stereocenters. The lowest BCUT2D eigenvalue weighted by Gasteiger charge is -2.47. The summed E-state index contributed by atoms with van der Waals surface area (Å²) in [4.78, 5) is 13.7. The van der Waals surface area contributed by atoms with E-state index in [1.807, 2.05) is 6.92 Å². The van der Waals surface area contributed by atoms with Crippen molar-refractivity contribution in [2.24, 2.45) is 0 Å². The lowest BCUT2D eigenvalue weighted by atomic mass is 9.80. The average Bonchev–Trinajstić information content (AvgIpc) is 2.22. The Balaban J connectivity index is 2.64. The van der Waals surface area contributed by atoms with Gasteiger partial charge in [-0.15, -0.1) is 0 Å². The first-order chi connectivity index (χ1) is 8.56. The molecule has 19 heavy (non-hydrogen) atoms. The fourth-order valence-electron chi connectivity index (χ4n) is 3.02. The molecule has 1 heterocycles. The van der Waals surface area contributed by atoms with Gasteiger partial charge in [0.15, 0.2) is 0 Å². The normalized spacial score (nSPS) is 23.7. The van der Waals surface area contributed by atoms with Gasteiger partial charge >= 0.3 is 6.03 Å². The molecule has 1 atom stereocenters. The second kappa shape index (κ2) is 5.67. The van der Waals surface area contributed by atoms with Crippen LogP contribution < -0.4 is 10.6 Å². The number of aliphatic hydroxyl groups excluding tert-OH is 1. The van der Waals surface area contributed by atoms with E-state index < -0.39 is 0 Å². The van der Waals surface area contributed by atoms with Gasteiger partial charge in [-0.1, -0.05) is 0 Å². The van der Waals surface area contributed by atoms with E-state index in [9.17, 15) is 4.79 Å². The molecule has 0 aliphatic carbocycles. The number of rotatable bonds is 3. The highest BCUT2D eigenvalue weighted by molar-refractivity contribution is 5.74. The van der Waals surface area contributed by atoms with E-state index in [1.165, 1.54) is 0 Å². The van der Waals surface area contributed by atoms with Crippen molar-refractivity contribution in [2.75, 3.05) is 13.7 Å². The SMILES string of the molecule is CC(CO)N(C)C(=O)NC1CC(C)(C)NC(C)(C)C1. The maximum Gasteiger partial charge on any atom is 0.317 e. The van der Waals surface area contributed by atoms with E-state index in [1.54, 1.807) is 11.9 Å². The molecule has 112 valence electrons. The Labute approximate surface area is 116 Å². The molecule has 5 heteroatoms. The molecule has 1 fully saturated rings. The first kappa shape index (κ1) is 16.2. The van der Waals surface area contributed by atoms with Gasteiger partial charge in [0, 0.05) is 24.2 Å². The van der Waals surface area contributed by atoms with Crippen molar-refractivity contribution in [3.63, 3.8) is 0 Å². The lowest BCUT2D eigenvalue weighted by molar-refractivity contribution is 0.128. The Kier molecular flexibility index (Phi) is 4.85. The first-order valence-electron chi connectivity index (χ1n) is 7.00. The largest absolute Gasteiger partial charge is 0.394 e. The van der Waals surface area contributed by atoms with E-state index >= 15 is 0 Å². The fraction of sp³-hybridized carbons (Fsp3) is 0.929. The number of amides is 2. The highest BCUT2D eigenvalue weighted by atomic mass is 16.3. The Morgan fingerprint density at radius 1 is 1.37 bits per heavy atom. The highest BCUT2D eigenvalue weighted by Crippen LogP contribution is 2.28. The van der Waals surface area contributed by atoms with Crippen molar-refractivity contribution in [1.82, 2.24) is 15.5 Å². The molecule has 5 nitrogen and oxygen atoms in total. The molecule has 0 saturated carbocycles. The van der Waals surface area contributed by atoms with Gasteiger partial charge in [0.1, 0.15) is 0 Å². The van der Waals surface area contributed by atoms with Crippen molar-refractivity contribution >= 4 is 6.03 Å². The molecule has 1 aliphatic rings. The molecule has 0 spiro atoms. The molecule has 1 aliphatic heterocycles. The topological polar surface area (TPSA) is 64.6 Å². The Bertz CT molecular complexity index is 313. The summed E-state index contributed by atoms with van der Waals surface area (Å²) in [7, 11) is 1.72. The molecular formula is C14H29N3O2. The molecule has 0 aromatic rings. The predicted molar refractivity (Wildman–Crippen MR) is 77.2 cm³/mol. The lowest BCUT2D eigenvalue weighted by Crippen LogP contribution is -2.63. The second-order valence-electron chi connectivity index (χ2n) is 7.09. The van der Waals surface area contributed by atoms with Crippen molar-refractivity contribution in [3.8, 4) is 0 Å². The predicted octanol–water partition coefficient (Wildman–Crippen LogP) is 1.32. The molecule has 0 bridgehead atoms. The maximum atomic E-state index is 12.1. The van der Waals surface area contributed by atoms with Crippen LogP contribution >= 0.6 is 0 Å². The van der Waals surface area contributed by atoms with Crippen LogP contribution in [0, 0.1) is 0 Å². The summed E-state index contributed by atoms with van der Waals surface area (Å²) in [6, 6.07) is -0.116. The Morgan fingerprint density at radius 3 is 2.26 bits per heavy atom. The number of carbonyl (C=O) groups excluding carboxylic acids is 1. The van der Waals surface area contributed by atoms with Crippen LogP contribution in [0.4, 0.5) is 4.79 Å². The van der Waals surface area contributed by atoms with Crippen molar-refractivity contribution < 1.29 is 9.90 Å². The zero-order valence-corrected chi connectivity index (χ0v) is 13.1. The summed E-state index contributed by atoms with van der Waals surface area (Å²) in [5.41, 5.74) is 0.0295. The van der Waals surface area contributed by atoms with Gasteiger partial charge in [-0.25, -0.2) is 4.79 Å². The van der Waals surface area contributed by atoms with Crippen LogP contribution in [0.5, 0.6) is 0 Å². The van der Waals surface area contributed by atoms with E-state index in [2.05, 4.69) is 38.3 Å². The Hall–Kier alpha value is -0.810. The third-order valence-corrected chi connectivity index (χ3v) is 3.76. The average molecular weight is 271 g/mol. The maximum absolute atomic E-state index is 12.1. The molecule has 0 aromatic carbocycles. The number of nitrogens with zero attached hydrogens (tertiary/aromatic N) is 1. The van der Waals surface area contributed by atoms with Crippen LogP contribution in [0.2, 0.25) is 0 Å². The fourth-order valence-corrected chi connectivity index (χ4v) is 3.02. The number of hydrogen-bond donors (Lipinski definition) is 3. The number of nitrogens with one attached hydrogen (secondary N) is 2. The van der Waals surface area contributed by atoms with Crippen molar-refractivity contribution in [1.29, 1.82) is 0 Å². The summed E-state index contributed by atoms with van der Waals surface area (Å²) in [5, 5.41) is 15.8. The summed E-state index contributed by atoms with van der Waals surface area (Å²) in [6.45, 7) is 10.4. The number of carbonyl (C=O) groups is 1. The van der Waals surface area contributed by atoms with Crippen LogP contribution in [0.25, 0.3) is 0 Å². The first-order valence-corrected chi connectivity index (χ1v) is 7.00. The number of piperidine rings is 1. The molecule has 1 rings (SSSR count). The molecule has 0 radical (unpaired) electrons. The van der Waals surface area contributed by atoms with Gasteiger partial charge in [0.2, 0.25) is 0 Å². The van der Waals surface area contributed by atoms with Crippen molar-refractivity contribution in [2.45, 2.75) is 70.6 Å². The third-order valence-electron chi connectivity index (χ3n) is 3.76. The van der Waals surface area contributed by atoms with Gasteiger partial charge < -0.3 is 20.6 Å². The van der Waals surface area contributed by atoms with Crippen molar-refractivity contribution in [3.05, 3.63) is 0 Å². The highest BCUT2D eigenvalue weighted by Gasteiger charge is 2.38. The number of aliphatic hydroxyl groups is 1. The van der Waals surface area contributed by atoms with Gasteiger partial charge in [-0.3, -0.25) is 0 Å². The monoisotopic (exact) mass is 271 g/mol. The third kappa shape index (κ3) is 4.66. The van der Waals surface area contributed by atoms with Crippen LogP contribution in [-0.4, -0.2) is 52.9 Å². The smallest absolute Gasteiger partial charge is 0.317 e. The summed E-state index contributed by atoms with van der Waals surface area (Å²) >= 11 is 0. The summed E-state index contributed by atoms with van der Waals surface area (Å²) in [5.74, 6) is 0. The molecule has 0 aromatic heterocycles. The van der Waals surface area contributed by atoms with Gasteiger partial charge in [-0.05, 0) is 47.5 Å². The second-order valence-corrected chi connectivity index (χ2v) is 7.09. The minimum absolute atomic E-state index is 0.0147. The van der Waals surface area contributed by atoms with E-state index in [-0.39, 0.29) is 35.8 Å².